The van der Waals surface area contributed by atoms with Gasteiger partial charge in [0.2, 0.25) is 12.3 Å². The minimum Gasteiger partial charge on any atom is -0.337 e. The van der Waals surface area contributed by atoms with Gasteiger partial charge in [0.25, 0.3) is 11.8 Å². The summed E-state index contributed by atoms with van der Waals surface area (Å²) in [5, 5.41) is 3.25. The van der Waals surface area contributed by atoms with E-state index in [0.717, 1.165) is 17.5 Å². The van der Waals surface area contributed by atoms with Gasteiger partial charge < -0.3 is 20.0 Å². The van der Waals surface area contributed by atoms with E-state index in [4.69, 9.17) is 11.6 Å². The Kier molecular flexibility index (Phi) is 8.11. The molecule has 2 fully saturated rings. The van der Waals surface area contributed by atoms with E-state index in [2.05, 4.69) is 10.3 Å². The first-order chi connectivity index (χ1) is 19.4. The summed E-state index contributed by atoms with van der Waals surface area (Å²) >= 11 is 6.03. The lowest BCUT2D eigenvalue weighted by Gasteiger charge is -2.41. The number of carbonyl (C=O) groups is 4. The number of rotatable bonds is 6. The first-order valence-corrected chi connectivity index (χ1v) is 13.7. The van der Waals surface area contributed by atoms with Crippen LogP contribution in [0.1, 0.15) is 40.5 Å². The lowest BCUT2D eigenvalue weighted by molar-refractivity contribution is -0.137. The van der Waals surface area contributed by atoms with E-state index in [1.807, 2.05) is 25.1 Å². The van der Waals surface area contributed by atoms with E-state index in [1.54, 1.807) is 63.5 Å². The molecular weight excluding hydrogens is 530 g/mol. The predicted molar refractivity (Wildman–Crippen MR) is 152 cm³/mol. The molecule has 3 heterocycles. The van der Waals surface area contributed by atoms with Crippen LogP contribution in [0.4, 0.5) is 5.69 Å². The lowest BCUT2D eigenvalue weighted by Crippen LogP contribution is -2.58. The van der Waals surface area contributed by atoms with Gasteiger partial charge in [0.1, 0.15) is 6.04 Å². The molecule has 0 bridgehead atoms. The molecule has 2 unspecified atom stereocenters. The van der Waals surface area contributed by atoms with Crippen molar-refractivity contribution in [2.75, 3.05) is 31.5 Å². The third-order valence-corrected chi connectivity index (χ3v) is 7.82. The largest absolute Gasteiger partial charge is 0.337 e. The van der Waals surface area contributed by atoms with E-state index < -0.39 is 6.04 Å². The normalized spacial score (nSPS) is 18.9. The molecule has 2 atom stereocenters. The number of nitrogens with one attached hydrogen (secondary N) is 1. The molecule has 10 heteroatoms. The third-order valence-electron chi connectivity index (χ3n) is 7.57. The van der Waals surface area contributed by atoms with Crippen molar-refractivity contribution in [1.29, 1.82) is 0 Å². The number of likely N-dealkylation sites (tertiary alicyclic amines) is 1. The molecule has 0 saturated carbocycles. The maximum absolute atomic E-state index is 13.8. The summed E-state index contributed by atoms with van der Waals surface area (Å²) in [6.45, 7) is 3.48. The topological polar surface area (TPSA) is 103 Å². The molecule has 2 aliphatic heterocycles. The van der Waals surface area contributed by atoms with E-state index in [-0.39, 0.29) is 23.8 Å². The van der Waals surface area contributed by atoms with Crippen molar-refractivity contribution in [1.82, 2.24) is 19.7 Å². The van der Waals surface area contributed by atoms with E-state index in [0.29, 0.717) is 60.8 Å². The van der Waals surface area contributed by atoms with Gasteiger partial charge in [-0.2, -0.15) is 0 Å². The average molecular weight is 560 g/mol. The second kappa shape index (κ2) is 11.9. The number of amides is 4. The highest BCUT2D eigenvalue weighted by Gasteiger charge is 2.39. The van der Waals surface area contributed by atoms with E-state index in [1.165, 1.54) is 0 Å². The number of anilines is 1. The molecule has 2 aliphatic rings. The summed E-state index contributed by atoms with van der Waals surface area (Å²) in [7, 11) is 0. The number of benzene rings is 2. The Bertz CT molecular complexity index is 1420. The number of pyridine rings is 1. The van der Waals surface area contributed by atoms with Gasteiger partial charge in [-0.15, -0.1) is 0 Å². The highest BCUT2D eigenvalue weighted by atomic mass is 35.5. The smallest absolute Gasteiger partial charge is 0.256 e. The van der Waals surface area contributed by atoms with Crippen LogP contribution in [0.2, 0.25) is 5.02 Å². The number of aromatic nitrogens is 1. The van der Waals surface area contributed by atoms with Gasteiger partial charge in [0.05, 0.1) is 11.3 Å². The zero-order chi connectivity index (χ0) is 28.2. The molecule has 0 spiro atoms. The quantitative estimate of drug-likeness (QED) is 0.461. The Morgan fingerprint density at radius 1 is 0.925 bits per heavy atom. The molecule has 1 aromatic heterocycles. The first kappa shape index (κ1) is 27.3. The van der Waals surface area contributed by atoms with Crippen LogP contribution in [0.25, 0.3) is 11.1 Å². The number of nitrogens with zero attached hydrogens (tertiary/aromatic N) is 4. The fourth-order valence-corrected chi connectivity index (χ4v) is 5.61. The maximum Gasteiger partial charge on any atom is 0.256 e. The monoisotopic (exact) mass is 559 g/mol. The highest BCUT2D eigenvalue weighted by Crippen LogP contribution is 2.29. The molecule has 5 rings (SSSR count). The van der Waals surface area contributed by atoms with Crippen molar-refractivity contribution in [2.45, 2.75) is 31.8 Å². The van der Waals surface area contributed by atoms with Gasteiger partial charge in [-0.05, 0) is 67.3 Å². The van der Waals surface area contributed by atoms with Crippen LogP contribution in [0.3, 0.4) is 0 Å². The van der Waals surface area contributed by atoms with Crippen molar-refractivity contribution in [3.8, 4) is 11.1 Å². The Labute approximate surface area is 237 Å². The van der Waals surface area contributed by atoms with Gasteiger partial charge in [-0.3, -0.25) is 24.2 Å². The van der Waals surface area contributed by atoms with E-state index in [9.17, 15) is 19.2 Å². The first-order valence-electron chi connectivity index (χ1n) is 13.3. The minimum absolute atomic E-state index is 0.0908. The summed E-state index contributed by atoms with van der Waals surface area (Å²) in [5.41, 5.74) is 3.01. The van der Waals surface area contributed by atoms with Crippen LogP contribution in [0, 0.1) is 0 Å². The molecule has 4 amide bonds. The Morgan fingerprint density at radius 2 is 1.65 bits per heavy atom. The minimum atomic E-state index is -0.519. The standard InChI is InChI=1S/C30H30ClN5O4/c1-20-18-34(30(40)27-3-2-14-36(27)28(38)22-10-12-32-13-11-22)15-16-35(20)29(39)25-17-23(6-9-26(25)33-19-37)21-4-7-24(31)8-5-21/h4-13,17,19-20,27H,2-3,14-16,18H2,1H3,(H,33,37). The molecule has 0 radical (unpaired) electrons. The third kappa shape index (κ3) is 5.56. The number of carbonyl (C=O) groups excluding carboxylic acids is 4. The molecule has 2 aromatic carbocycles. The van der Waals surface area contributed by atoms with E-state index >= 15 is 0 Å². The SMILES string of the molecule is CC1CN(C(=O)C2CCCN2C(=O)c2ccncc2)CCN1C(=O)c1cc(-c2ccc(Cl)cc2)ccc1NC=O. The van der Waals surface area contributed by atoms with Crippen molar-refractivity contribution in [2.24, 2.45) is 0 Å². The fourth-order valence-electron chi connectivity index (χ4n) is 5.48. The maximum atomic E-state index is 13.8. The van der Waals surface area contributed by atoms with Crippen molar-refractivity contribution in [3.05, 3.63) is 83.1 Å². The summed E-state index contributed by atoms with van der Waals surface area (Å²) < 4.78 is 0. The van der Waals surface area contributed by atoms with Crippen LogP contribution < -0.4 is 5.32 Å². The molecule has 206 valence electrons. The molecule has 3 aromatic rings. The Morgan fingerprint density at radius 3 is 2.35 bits per heavy atom. The van der Waals surface area contributed by atoms with Crippen LogP contribution in [0.15, 0.2) is 67.0 Å². The number of piperazine rings is 1. The summed E-state index contributed by atoms with van der Waals surface area (Å²) in [6.07, 6.45) is 5.06. The van der Waals surface area contributed by atoms with Crippen LogP contribution >= 0.6 is 11.6 Å². The molecule has 40 heavy (non-hydrogen) atoms. The van der Waals surface area contributed by atoms with Crippen LogP contribution in [0.5, 0.6) is 0 Å². The zero-order valence-corrected chi connectivity index (χ0v) is 22.9. The number of hydrogen-bond acceptors (Lipinski definition) is 5. The van der Waals surface area contributed by atoms with Gasteiger partial charge in [0.15, 0.2) is 0 Å². The number of halogens is 1. The van der Waals surface area contributed by atoms with Gasteiger partial charge in [0, 0.05) is 55.2 Å². The summed E-state index contributed by atoms with van der Waals surface area (Å²) in [5.74, 6) is -0.488. The van der Waals surface area contributed by atoms with Crippen molar-refractivity contribution in [3.63, 3.8) is 0 Å². The molecule has 1 N–H and O–H groups in total. The van der Waals surface area contributed by atoms with Gasteiger partial charge in [-0.1, -0.05) is 29.8 Å². The average Bonchev–Trinajstić information content (AvgIpc) is 3.47. The van der Waals surface area contributed by atoms with Crippen LogP contribution in [-0.2, 0) is 9.59 Å². The molecule has 2 saturated heterocycles. The van der Waals surface area contributed by atoms with Crippen molar-refractivity contribution < 1.29 is 19.2 Å². The second-order valence-corrected chi connectivity index (χ2v) is 10.5. The lowest BCUT2D eigenvalue weighted by atomic mass is 10.00. The fraction of sp³-hybridized carbons (Fsp3) is 0.300. The van der Waals surface area contributed by atoms with Crippen LogP contribution in [-0.4, -0.2) is 82.1 Å². The summed E-state index contributed by atoms with van der Waals surface area (Å²) in [6, 6.07) is 15.2. The second-order valence-electron chi connectivity index (χ2n) is 10.1. The molecular formula is C30H30ClN5O4. The van der Waals surface area contributed by atoms with Crippen molar-refractivity contribution >= 4 is 41.4 Å². The predicted octanol–water partition coefficient (Wildman–Crippen LogP) is 3.95. The molecule has 9 nitrogen and oxygen atoms in total. The Balaban J connectivity index is 1.31. The van der Waals surface area contributed by atoms with Gasteiger partial charge in [-0.25, -0.2) is 0 Å². The number of hydrogen-bond donors (Lipinski definition) is 1. The Hall–Kier alpha value is -4.24. The zero-order valence-electron chi connectivity index (χ0n) is 22.1. The summed E-state index contributed by atoms with van der Waals surface area (Å²) in [4.78, 5) is 60.8. The van der Waals surface area contributed by atoms with Gasteiger partial charge >= 0.3 is 0 Å². The molecule has 0 aliphatic carbocycles. The highest BCUT2D eigenvalue weighted by molar-refractivity contribution is 6.30.